The van der Waals surface area contributed by atoms with Crippen molar-refractivity contribution < 1.29 is 9.90 Å². The van der Waals surface area contributed by atoms with Gasteiger partial charge in [0.05, 0.1) is 5.41 Å². The lowest BCUT2D eigenvalue weighted by molar-refractivity contribution is -0.145. The maximum Gasteiger partial charge on any atom is 0.230 e. The number of phenols is 1. The van der Waals surface area contributed by atoms with Gasteiger partial charge in [0.25, 0.3) is 0 Å². The molecule has 1 aliphatic rings. The molecule has 98 valence electrons. The van der Waals surface area contributed by atoms with Gasteiger partial charge >= 0.3 is 0 Å². The van der Waals surface area contributed by atoms with Gasteiger partial charge in [-0.3, -0.25) is 4.79 Å². The Morgan fingerprint density at radius 1 is 1.50 bits per heavy atom. The first kappa shape index (κ1) is 12.9. The quantitative estimate of drug-likeness (QED) is 0.848. The van der Waals surface area contributed by atoms with Gasteiger partial charge in [0, 0.05) is 20.1 Å². The first-order valence-corrected chi connectivity index (χ1v) is 6.31. The lowest BCUT2D eigenvalue weighted by Crippen LogP contribution is -2.50. The van der Waals surface area contributed by atoms with Gasteiger partial charge < -0.3 is 15.7 Å². The van der Waals surface area contributed by atoms with Gasteiger partial charge in [0.15, 0.2) is 0 Å². The van der Waals surface area contributed by atoms with Gasteiger partial charge in [-0.1, -0.05) is 18.6 Å². The molecule has 1 aromatic rings. The standard InChI is InChI=1S/C14H20N2O2/c1-16(9-11-4-2-5-12(17)8-11)13(18)14(10-15)6-3-7-14/h2,4-5,8,17H,3,6-7,9-10,15H2,1H3. The van der Waals surface area contributed by atoms with Gasteiger partial charge in [0.1, 0.15) is 5.75 Å². The summed E-state index contributed by atoms with van der Waals surface area (Å²) < 4.78 is 0. The van der Waals surface area contributed by atoms with Crippen LogP contribution in [0.15, 0.2) is 24.3 Å². The summed E-state index contributed by atoms with van der Waals surface area (Å²) in [5.41, 5.74) is 6.34. The Hall–Kier alpha value is -1.55. The monoisotopic (exact) mass is 248 g/mol. The van der Waals surface area contributed by atoms with E-state index in [9.17, 15) is 9.90 Å². The molecule has 0 bridgehead atoms. The number of nitrogens with two attached hydrogens (primary N) is 1. The molecule has 1 aliphatic carbocycles. The van der Waals surface area contributed by atoms with Crippen LogP contribution in [0.1, 0.15) is 24.8 Å². The number of hydrogen-bond donors (Lipinski definition) is 2. The van der Waals surface area contributed by atoms with Crippen molar-refractivity contribution in [1.82, 2.24) is 4.90 Å². The second-order valence-corrected chi connectivity index (χ2v) is 5.17. The Labute approximate surface area is 107 Å². The smallest absolute Gasteiger partial charge is 0.230 e. The molecule has 4 heteroatoms. The van der Waals surface area contributed by atoms with Crippen LogP contribution in [-0.4, -0.2) is 29.5 Å². The molecule has 1 fully saturated rings. The number of benzene rings is 1. The fraction of sp³-hybridized carbons (Fsp3) is 0.500. The van der Waals surface area contributed by atoms with Gasteiger partial charge in [-0.25, -0.2) is 0 Å². The van der Waals surface area contributed by atoms with Crippen LogP contribution in [0.5, 0.6) is 5.75 Å². The van der Waals surface area contributed by atoms with Crippen molar-refractivity contribution in [3.63, 3.8) is 0 Å². The molecule has 1 aromatic carbocycles. The molecule has 0 aliphatic heterocycles. The van der Waals surface area contributed by atoms with Crippen molar-refractivity contribution >= 4 is 5.91 Å². The summed E-state index contributed by atoms with van der Waals surface area (Å²) in [5, 5.41) is 9.40. The van der Waals surface area contributed by atoms with Crippen molar-refractivity contribution in [2.75, 3.05) is 13.6 Å². The second-order valence-electron chi connectivity index (χ2n) is 5.17. The lowest BCUT2D eigenvalue weighted by atomic mass is 9.68. The second kappa shape index (κ2) is 4.98. The molecule has 0 spiro atoms. The van der Waals surface area contributed by atoms with E-state index in [2.05, 4.69) is 0 Å². The van der Waals surface area contributed by atoms with Gasteiger partial charge in [-0.15, -0.1) is 0 Å². The summed E-state index contributed by atoms with van der Waals surface area (Å²) in [7, 11) is 1.79. The number of carbonyl (C=O) groups excluding carboxylic acids is 1. The Balaban J connectivity index is 2.03. The fourth-order valence-electron chi connectivity index (χ4n) is 2.51. The first-order valence-electron chi connectivity index (χ1n) is 6.31. The topological polar surface area (TPSA) is 66.6 Å². The Kier molecular flexibility index (Phi) is 3.57. The highest BCUT2D eigenvalue weighted by Crippen LogP contribution is 2.41. The number of amides is 1. The van der Waals surface area contributed by atoms with Gasteiger partial charge in [0.2, 0.25) is 5.91 Å². The van der Waals surface area contributed by atoms with Crippen LogP contribution in [0, 0.1) is 5.41 Å². The number of nitrogens with zero attached hydrogens (tertiary/aromatic N) is 1. The van der Waals surface area contributed by atoms with E-state index in [4.69, 9.17) is 5.73 Å². The lowest BCUT2D eigenvalue weighted by Gasteiger charge is -2.41. The summed E-state index contributed by atoms with van der Waals surface area (Å²) >= 11 is 0. The number of hydrogen-bond acceptors (Lipinski definition) is 3. The summed E-state index contributed by atoms with van der Waals surface area (Å²) in [6.45, 7) is 0.936. The fourth-order valence-corrected chi connectivity index (χ4v) is 2.51. The van der Waals surface area contributed by atoms with E-state index in [1.54, 1.807) is 30.1 Å². The maximum absolute atomic E-state index is 12.4. The molecule has 0 radical (unpaired) electrons. The minimum absolute atomic E-state index is 0.125. The van der Waals surface area contributed by atoms with E-state index in [0.29, 0.717) is 13.1 Å². The molecule has 0 saturated heterocycles. The van der Waals surface area contributed by atoms with Gasteiger partial charge in [-0.05, 0) is 30.5 Å². The predicted octanol–water partition coefficient (Wildman–Crippen LogP) is 1.48. The molecule has 0 heterocycles. The first-order chi connectivity index (χ1) is 8.57. The van der Waals surface area contributed by atoms with E-state index >= 15 is 0 Å². The summed E-state index contributed by atoms with van der Waals surface area (Å²) in [5.74, 6) is 0.352. The highest BCUT2D eigenvalue weighted by molar-refractivity contribution is 5.83. The minimum atomic E-state index is -0.328. The predicted molar refractivity (Wildman–Crippen MR) is 69.9 cm³/mol. The molecule has 0 unspecified atom stereocenters. The van der Waals surface area contributed by atoms with Crippen molar-refractivity contribution in [3.05, 3.63) is 29.8 Å². The van der Waals surface area contributed by atoms with Crippen LogP contribution in [0.4, 0.5) is 0 Å². The zero-order valence-electron chi connectivity index (χ0n) is 10.7. The molecule has 4 nitrogen and oxygen atoms in total. The maximum atomic E-state index is 12.4. The largest absolute Gasteiger partial charge is 0.508 e. The molecular weight excluding hydrogens is 228 g/mol. The van der Waals surface area contributed by atoms with Crippen LogP contribution >= 0.6 is 0 Å². The number of carbonyl (C=O) groups is 1. The molecule has 18 heavy (non-hydrogen) atoms. The van der Waals surface area contributed by atoms with E-state index in [-0.39, 0.29) is 17.1 Å². The third kappa shape index (κ3) is 2.34. The average molecular weight is 248 g/mol. The van der Waals surface area contributed by atoms with E-state index in [0.717, 1.165) is 24.8 Å². The summed E-state index contributed by atoms with van der Waals surface area (Å²) in [6, 6.07) is 6.99. The molecule has 3 N–H and O–H groups in total. The van der Waals surface area contributed by atoms with Crippen molar-refractivity contribution in [2.24, 2.45) is 11.1 Å². The van der Waals surface area contributed by atoms with E-state index in [1.165, 1.54) is 0 Å². The number of phenolic OH excluding ortho intramolecular Hbond substituents is 1. The van der Waals surface area contributed by atoms with Crippen LogP contribution in [-0.2, 0) is 11.3 Å². The minimum Gasteiger partial charge on any atom is -0.508 e. The zero-order chi connectivity index (χ0) is 13.2. The Morgan fingerprint density at radius 3 is 2.72 bits per heavy atom. The van der Waals surface area contributed by atoms with Gasteiger partial charge in [-0.2, -0.15) is 0 Å². The van der Waals surface area contributed by atoms with Crippen LogP contribution in [0.25, 0.3) is 0 Å². The summed E-state index contributed by atoms with van der Waals surface area (Å²) in [6.07, 6.45) is 2.88. The molecule has 0 aromatic heterocycles. The zero-order valence-corrected chi connectivity index (χ0v) is 10.7. The van der Waals surface area contributed by atoms with Crippen LogP contribution < -0.4 is 5.73 Å². The normalized spacial score (nSPS) is 17.0. The van der Waals surface area contributed by atoms with Crippen molar-refractivity contribution in [3.8, 4) is 5.75 Å². The van der Waals surface area contributed by atoms with Crippen molar-refractivity contribution in [2.45, 2.75) is 25.8 Å². The van der Waals surface area contributed by atoms with E-state index in [1.807, 2.05) is 6.07 Å². The Bertz CT molecular complexity index is 436. The molecule has 1 saturated carbocycles. The molecular formula is C14H20N2O2. The van der Waals surface area contributed by atoms with E-state index < -0.39 is 0 Å². The van der Waals surface area contributed by atoms with Crippen molar-refractivity contribution in [1.29, 1.82) is 0 Å². The Morgan fingerprint density at radius 2 is 2.22 bits per heavy atom. The average Bonchev–Trinajstić information content (AvgIpc) is 2.28. The summed E-state index contributed by atoms with van der Waals surface area (Å²) in [4.78, 5) is 14.1. The molecule has 2 rings (SSSR count). The van der Waals surface area contributed by atoms with Crippen LogP contribution in [0.3, 0.4) is 0 Å². The molecule has 0 atom stereocenters. The third-order valence-electron chi connectivity index (χ3n) is 3.83. The molecule has 1 amide bonds. The highest BCUT2D eigenvalue weighted by Gasteiger charge is 2.44. The number of rotatable bonds is 4. The van der Waals surface area contributed by atoms with Crippen LogP contribution in [0.2, 0.25) is 0 Å². The SMILES string of the molecule is CN(Cc1cccc(O)c1)C(=O)C1(CN)CCC1. The third-order valence-corrected chi connectivity index (χ3v) is 3.83. The number of aromatic hydroxyl groups is 1. The highest BCUT2D eigenvalue weighted by atomic mass is 16.3.